The molecule has 2 fully saturated rings. The second-order valence-corrected chi connectivity index (χ2v) is 4.46. The first kappa shape index (κ1) is 8.55. The molecule has 0 aromatic carbocycles. The van der Waals surface area contributed by atoms with Gasteiger partial charge in [-0.25, -0.2) is 0 Å². The maximum atomic E-state index is 5.90. The maximum Gasteiger partial charge on any atom is 0.0607 e. The van der Waals surface area contributed by atoms with Crippen LogP contribution in [0.15, 0.2) is 0 Å². The van der Waals surface area contributed by atoms with Gasteiger partial charge in [0.25, 0.3) is 0 Å². The average molecular weight is 168 g/mol. The molecule has 0 aromatic heterocycles. The highest BCUT2D eigenvalue weighted by molar-refractivity contribution is 4.79. The Balaban J connectivity index is 1.83. The molecule has 1 heterocycles. The predicted molar refractivity (Wildman–Crippen MR) is 50.1 cm³/mol. The van der Waals surface area contributed by atoms with Crippen molar-refractivity contribution in [3.8, 4) is 0 Å². The van der Waals surface area contributed by atoms with Gasteiger partial charge >= 0.3 is 0 Å². The van der Waals surface area contributed by atoms with Crippen molar-refractivity contribution in [1.29, 1.82) is 0 Å². The van der Waals surface area contributed by atoms with Crippen LogP contribution in [-0.2, 0) is 4.74 Å². The summed E-state index contributed by atoms with van der Waals surface area (Å²) in [7, 11) is 0. The summed E-state index contributed by atoms with van der Waals surface area (Å²) in [5.41, 5.74) is 0. The summed E-state index contributed by atoms with van der Waals surface area (Å²) >= 11 is 0. The van der Waals surface area contributed by atoms with Crippen LogP contribution in [0.25, 0.3) is 0 Å². The number of rotatable bonds is 1. The molecule has 0 radical (unpaired) electrons. The van der Waals surface area contributed by atoms with Crippen molar-refractivity contribution in [3.05, 3.63) is 0 Å². The normalized spacial score (nSPS) is 38.8. The van der Waals surface area contributed by atoms with E-state index in [-0.39, 0.29) is 0 Å². The molecule has 70 valence electrons. The molecule has 1 heteroatoms. The number of hydrogen-bond acceptors (Lipinski definition) is 1. The molecular formula is C11H20O. The van der Waals surface area contributed by atoms with E-state index in [1.54, 1.807) is 0 Å². The summed E-state index contributed by atoms with van der Waals surface area (Å²) in [6.07, 6.45) is 11.0. The summed E-state index contributed by atoms with van der Waals surface area (Å²) in [6.45, 7) is 2.21. The fourth-order valence-corrected chi connectivity index (χ4v) is 2.69. The van der Waals surface area contributed by atoms with Crippen molar-refractivity contribution in [2.45, 2.75) is 64.1 Å². The van der Waals surface area contributed by atoms with E-state index in [2.05, 4.69) is 6.92 Å². The number of hydrogen-bond donors (Lipinski definition) is 0. The van der Waals surface area contributed by atoms with Crippen LogP contribution >= 0.6 is 0 Å². The molecule has 2 atom stereocenters. The van der Waals surface area contributed by atoms with E-state index in [1.165, 1.54) is 44.9 Å². The Morgan fingerprint density at radius 3 is 2.25 bits per heavy atom. The van der Waals surface area contributed by atoms with Crippen LogP contribution in [0.1, 0.15) is 51.9 Å². The molecule has 0 bridgehead atoms. The molecule has 12 heavy (non-hydrogen) atoms. The average Bonchev–Trinajstić information content (AvgIpc) is 2.54. The Morgan fingerprint density at radius 1 is 0.917 bits per heavy atom. The van der Waals surface area contributed by atoms with Crippen molar-refractivity contribution in [3.63, 3.8) is 0 Å². The highest BCUT2D eigenvalue weighted by Crippen LogP contribution is 2.34. The van der Waals surface area contributed by atoms with E-state index < -0.39 is 0 Å². The SMILES string of the molecule is CC1CCC(C2CCCCC2)O1. The van der Waals surface area contributed by atoms with Crippen molar-refractivity contribution in [2.24, 2.45) is 5.92 Å². The zero-order valence-electron chi connectivity index (χ0n) is 8.09. The molecule has 0 amide bonds. The lowest BCUT2D eigenvalue weighted by atomic mass is 9.84. The lowest BCUT2D eigenvalue weighted by molar-refractivity contribution is 0.00840. The number of ether oxygens (including phenoxy) is 1. The molecule has 1 aliphatic carbocycles. The third-order valence-electron chi connectivity index (χ3n) is 3.44. The van der Waals surface area contributed by atoms with Gasteiger partial charge in [-0.15, -0.1) is 0 Å². The van der Waals surface area contributed by atoms with Gasteiger partial charge in [-0.2, -0.15) is 0 Å². The Hall–Kier alpha value is -0.0400. The quantitative estimate of drug-likeness (QED) is 0.584. The summed E-state index contributed by atoms with van der Waals surface area (Å²) < 4.78 is 5.90. The second kappa shape index (κ2) is 3.78. The Labute approximate surface area is 75.5 Å². The summed E-state index contributed by atoms with van der Waals surface area (Å²) in [5.74, 6) is 0.906. The zero-order chi connectivity index (χ0) is 8.39. The molecule has 2 aliphatic rings. The first-order chi connectivity index (χ1) is 5.86. The van der Waals surface area contributed by atoms with Crippen LogP contribution in [0.2, 0.25) is 0 Å². The molecular weight excluding hydrogens is 148 g/mol. The van der Waals surface area contributed by atoms with Crippen molar-refractivity contribution in [1.82, 2.24) is 0 Å². The maximum absolute atomic E-state index is 5.90. The fourth-order valence-electron chi connectivity index (χ4n) is 2.69. The Morgan fingerprint density at radius 2 is 1.67 bits per heavy atom. The van der Waals surface area contributed by atoms with Gasteiger partial charge in [0, 0.05) is 0 Å². The third-order valence-corrected chi connectivity index (χ3v) is 3.44. The molecule has 1 aliphatic heterocycles. The van der Waals surface area contributed by atoms with Gasteiger partial charge in [0.1, 0.15) is 0 Å². The monoisotopic (exact) mass is 168 g/mol. The van der Waals surface area contributed by atoms with Gasteiger partial charge in [-0.1, -0.05) is 19.3 Å². The molecule has 1 saturated carbocycles. The summed E-state index contributed by atoms with van der Waals surface area (Å²) in [5, 5.41) is 0. The first-order valence-corrected chi connectivity index (χ1v) is 5.52. The Kier molecular flexibility index (Phi) is 2.69. The first-order valence-electron chi connectivity index (χ1n) is 5.52. The van der Waals surface area contributed by atoms with Crippen LogP contribution in [0.4, 0.5) is 0 Å². The molecule has 1 saturated heterocycles. The summed E-state index contributed by atoms with van der Waals surface area (Å²) in [6, 6.07) is 0. The van der Waals surface area contributed by atoms with Gasteiger partial charge in [0.15, 0.2) is 0 Å². The van der Waals surface area contributed by atoms with Crippen molar-refractivity contribution in [2.75, 3.05) is 0 Å². The molecule has 2 rings (SSSR count). The minimum atomic E-state index is 0.539. The molecule has 1 nitrogen and oxygen atoms in total. The van der Waals surface area contributed by atoms with Crippen LogP contribution in [0, 0.1) is 5.92 Å². The van der Waals surface area contributed by atoms with Gasteiger partial charge in [-0.3, -0.25) is 0 Å². The van der Waals surface area contributed by atoms with Gasteiger partial charge in [-0.05, 0) is 38.5 Å². The van der Waals surface area contributed by atoms with Gasteiger partial charge < -0.3 is 4.74 Å². The van der Waals surface area contributed by atoms with E-state index in [1.807, 2.05) is 0 Å². The second-order valence-electron chi connectivity index (χ2n) is 4.46. The van der Waals surface area contributed by atoms with E-state index in [0.29, 0.717) is 12.2 Å². The standard InChI is InChI=1S/C11H20O/c1-9-7-8-11(12-9)10-5-3-2-4-6-10/h9-11H,2-8H2,1H3. The Bertz CT molecular complexity index is 135. The third kappa shape index (κ3) is 1.82. The topological polar surface area (TPSA) is 9.23 Å². The fraction of sp³-hybridized carbons (Fsp3) is 1.00. The van der Waals surface area contributed by atoms with Crippen LogP contribution in [0.3, 0.4) is 0 Å². The predicted octanol–water partition coefficient (Wildman–Crippen LogP) is 3.13. The van der Waals surface area contributed by atoms with E-state index in [9.17, 15) is 0 Å². The van der Waals surface area contributed by atoms with Crippen molar-refractivity contribution < 1.29 is 4.74 Å². The van der Waals surface area contributed by atoms with Crippen molar-refractivity contribution >= 4 is 0 Å². The highest BCUT2D eigenvalue weighted by atomic mass is 16.5. The minimum absolute atomic E-state index is 0.539. The molecule has 0 spiro atoms. The molecule has 2 unspecified atom stereocenters. The van der Waals surface area contributed by atoms with E-state index in [0.717, 1.165) is 5.92 Å². The van der Waals surface area contributed by atoms with Crippen LogP contribution in [0.5, 0.6) is 0 Å². The molecule has 0 N–H and O–H groups in total. The lowest BCUT2D eigenvalue weighted by Gasteiger charge is -2.26. The van der Waals surface area contributed by atoms with E-state index in [4.69, 9.17) is 4.74 Å². The zero-order valence-corrected chi connectivity index (χ0v) is 8.09. The molecule has 0 aromatic rings. The van der Waals surface area contributed by atoms with Crippen LogP contribution < -0.4 is 0 Å². The highest BCUT2D eigenvalue weighted by Gasteiger charge is 2.29. The summed E-state index contributed by atoms with van der Waals surface area (Å²) in [4.78, 5) is 0. The minimum Gasteiger partial charge on any atom is -0.375 e. The smallest absolute Gasteiger partial charge is 0.0607 e. The lowest BCUT2D eigenvalue weighted by Crippen LogP contribution is -2.22. The van der Waals surface area contributed by atoms with Crippen LogP contribution in [-0.4, -0.2) is 12.2 Å². The van der Waals surface area contributed by atoms with Gasteiger partial charge in [0.05, 0.1) is 12.2 Å². The van der Waals surface area contributed by atoms with Gasteiger partial charge in [0.2, 0.25) is 0 Å². The van der Waals surface area contributed by atoms with E-state index >= 15 is 0 Å². The largest absolute Gasteiger partial charge is 0.375 e.